The Morgan fingerprint density at radius 1 is 1.60 bits per heavy atom. The fourth-order valence-corrected chi connectivity index (χ4v) is 1.22. The molecule has 1 saturated heterocycles. The van der Waals surface area contributed by atoms with Gasteiger partial charge >= 0.3 is 0 Å². The minimum atomic E-state index is -0.114. The molecule has 0 saturated carbocycles. The molecule has 0 aromatic rings. The standard InChI is InChI=1S/C6H11BrO3/c7-2-1-6-9-4-5(3-8)10-6/h5-6,8H,1-4H2. The van der Waals surface area contributed by atoms with Crippen molar-refractivity contribution in [3.63, 3.8) is 0 Å². The highest BCUT2D eigenvalue weighted by atomic mass is 79.9. The van der Waals surface area contributed by atoms with Gasteiger partial charge < -0.3 is 14.6 Å². The molecule has 1 fully saturated rings. The van der Waals surface area contributed by atoms with Crippen LogP contribution in [0.3, 0.4) is 0 Å². The summed E-state index contributed by atoms with van der Waals surface area (Å²) in [5.74, 6) is 0. The molecule has 0 spiro atoms. The molecule has 0 bridgehead atoms. The molecule has 1 aliphatic heterocycles. The van der Waals surface area contributed by atoms with Gasteiger partial charge in [0.1, 0.15) is 6.10 Å². The molecular formula is C6H11BrO3. The van der Waals surface area contributed by atoms with E-state index in [1.54, 1.807) is 0 Å². The summed E-state index contributed by atoms with van der Waals surface area (Å²) >= 11 is 3.28. The van der Waals surface area contributed by atoms with E-state index in [1.165, 1.54) is 0 Å². The number of aliphatic hydroxyl groups is 1. The summed E-state index contributed by atoms with van der Waals surface area (Å²) in [6, 6.07) is 0. The van der Waals surface area contributed by atoms with Gasteiger partial charge in [-0.3, -0.25) is 0 Å². The second kappa shape index (κ2) is 4.28. The molecule has 1 N–H and O–H groups in total. The number of hydrogen-bond acceptors (Lipinski definition) is 3. The second-order valence-corrected chi connectivity index (χ2v) is 2.97. The van der Waals surface area contributed by atoms with Gasteiger partial charge in [-0.1, -0.05) is 15.9 Å². The molecule has 1 heterocycles. The van der Waals surface area contributed by atoms with E-state index in [1.807, 2.05) is 0 Å². The molecule has 1 rings (SSSR count). The maximum Gasteiger partial charge on any atom is 0.159 e. The predicted octanol–water partition coefficient (Wildman–Crippen LogP) is 0.505. The topological polar surface area (TPSA) is 38.7 Å². The molecule has 4 heteroatoms. The first kappa shape index (κ1) is 8.46. The van der Waals surface area contributed by atoms with Gasteiger partial charge in [0.25, 0.3) is 0 Å². The lowest BCUT2D eigenvalue weighted by Gasteiger charge is -2.06. The van der Waals surface area contributed by atoms with Gasteiger partial charge in [-0.05, 0) is 0 Å². The molecule has 0 aliphatic carbocycles. The van der Waals surface area contributed by atoms with Gasteiger partial charge in [0.15, 0.2) is 6.29 Å². The molecule has 0 aromatic heterocycles. The normalized spacial score (nSPS) is 33.0. The van der Waals surface area contributed by atoms with Crippen molar-refractivity contribution < 1.29 is 14.6 Å². The highest BCUT2D eigenvalue weighted by molar-refractivity contribution is 9.09. The van der Waals surface area contributed by atoms with E-state index >= 15 is 0 Å². The van der Waals surface area contributed by atoms with Crippen molar-refractivity contribution in [1.29, 1.82) is 0 Å². The Morgan fingerprint density at radius 2 is 2.40 bits per heavy atom. The summed E-state index contributed by atoms with van der Waals surface area (Å²) in [6.45, 7) is 0.576. The van der Waals surface area contributed by atoms with Crippen LogP contribution >= 0.6 is 15.9 Å². The molecule has 10 heavy (non-hydrogen) atoms. The van der Waals surface area contributed by atoms with Gasteiger partial charge in [0.05, 0.1) is 13.2 Å². The molecule has 0 amide bonds. The number of hydrogen-bond donors (Lipinski definition) is 1. The Labute approximate surface area is 68.4 Å². The van der Waals surface area contributed by atoms with Crippen LogP contribution in [0.4, 0.5) is 0 Å². The second-order valence-electron chi connectivity index (χ2n) is 2.18. The molecule has 0 aromatic carbocycles. The van der Waals surface area contributed by atoms with Crippen molar-refractivity contribution in [2.45, 2.75) is 18.8 Å². The van der Waals surface area contributed by atoms with Crippen molar-refractivity contribution in [2.75, 3.05) is 18.5 Å². The zero-order chi connectivity index (χ0) is 7.40. The van der Waals surface area contributed by atoms with Gasteiger partial charge in [0.2, 0.25) is 0 Å². The summed E-state index contributed by atoms with van der Waals surface area (Å²) in [6.07, 6.45) is 0.622. The summed E-state index contributed by atoms with van der Waals surface area (Å²) in [7, 11) is 0. The van der Waals surface area contributed by atoms with E-state index in [0.717, 1.165) is 11.8 Å². The lowest BCUT2D eigenvalue weighted by atomic mass is 10.4. The van der Waals surface area contributed by atoms with E-state index in [9.17, 15) is 0 Å². The van der Waals surface area contributed by atoms with Crippen LogP contribution in [0, 0.1) is 0 Å². The molecule has 3 nitrogen and oxygen atoms in total. The number of halogens is 1. The fourth-order valence-electron chi connectivity index (χ4n) is 0.844. The maximum absolute atomic E-state index is 8.64. The van der Waals surface area contributed by atoms with E-state index < -0.39 is 0 Å². The summed E-state index contributed by atoms with van der Waals surface area (Å²) in [5.41, 5.74) is 0. The Bertz CT molecular complexity index is 99.0. The number of ether oxygens (including phenoxy) is 2. The Morgan fingerprint density at radius 3 is 2.90 bits per heavy atom. The predicted molar refractivity (Wildman–Crippen MR) is 40.1 cm³/mol. The first-order chi connectivity index (χ1) is 4.86. The minimum Gasteiger partial charge on any atom is -0.394 e. The van der Waals surface area contributed by atoms with E-state index in [-0.39, 0.29) is 19.0 Å². The molecule has 60 valence electrons. The zero-order valence-corrected chi connectivity index (χ0v) is 7.21. The average molecular weight is 211 g/mol. The molecular weight excluding hydrogens is 200 g/mol. The van der Waals surface area contributed by atoms with Gasteiger partial charge in [0, 0.05) is 11.8 Å². The highest BCUT2D eigenvalue weighted by Gasteiger charge is 2.24. The molecule has 2 unspecified atom stereocenters. The van der Waals surface area contributed by atoms with Crippen LogP contribution in [0.2, 0.25) is 0 Å². The average Bonchev–Trinajstić information content (AvgIpc) is 2.37. The van der Waals surface area contributed by atoms with Crippen LogP contribution in [0.25, 0.3) is 0 Å². The number of alkyl halides is 1. The van der Waals surface area contributed by atoms with Crippen molar-refractivity contribution in [1.82, 2.24) is 0 Å². The van der Waals surface area contributed by atoms with Crippen molar-refractivity contribution in [3.8, 4) is 0 Å². The Hall–Kier alpha value is 0.360. The lowest BCUT2D eigenvalue weighted by molar-refractivity contribution is -0.0649. The van der Waals surface area contributed by atoms with Crippen molar-refractivity contribution >= 4 is 15.9 Å². The largest absolute Gasteiger partial charge is 0.394 e. The fraction of sp³-hybridized carbons (Fsp3) is 1.00. The third-order valence-corrected chi connectivity index (χ3v) is 1.82. The van der Waals surface area contributed by atoms with Crippen molar-refractivity contribution in [3.05, 3.63) is 0 Å². The molecule has 2 atom stereocenters. The van der Waals surface area contributed by atoms with Crippen LogP contribution in [-0.4, -0.2) is 36.0 Å². The van der Waals surface area contributed by atoms with Crippen LogP contribution < -0.4 is 0 Å². The lowest BCUT2D eigenvalue weighted by Crippen LogP contribution is -2.16. The van der Waals surface area contributed by atoms with Gasteiger partial charge in [-0.15, -0.1) is 0 Å². The molecule has 1 aliphatic rings. The summed E-state index contributed by atoms with van der Waals surface area (Å²) in [5, 5.41) is 9.51. The van der Waals surface area contributed by atoms with Gasteiger partial charge in [-0.2, -0.15) is 0 Å². The Balaban J connectivity index is 2.15. The van der Waals surface area contributed by atoms with Crippen LogP contribution in [0.15, 0.2) is 0 Å². The smallest absolute Gasteiger partial charge is 0.159 e. The van der Waals surface area contributed by atoms with Crippen LogP contribution in [-0.2, 0) is 9.47 Å². The maximum atomic E-state index is 8.64. The van der Waals surface area contributed by atoms with Crippen LogP contribution in [0.5, 0.6) is 0 Å². The first-order valence-corrected chi connectivity index (χ1v) is 4.43. The van der Waals surface area contributed by atoms with Gasteiger partial charge in [-0.25, -0.2) is 0 Å². The minimum absolute atomic E-state index is 0.0544. The Kier molecular flexibility index (Phi) is 3.62. The zero-order valence-electron chi connectivity index (χ0n) is 5.62. The quantitative estimate of drug-likeness (QED) is 0.691. The number of aliphatic hydroxyl groups excluding tert-OH is 1. The van der Waals surface area contributed by atoms with Crippen molar-refractivity contribution in [2.24, 2.45) is 0 Å². The monoisotopic (exact) mass is 210 g/mol. The summed E-state index contributed by atoms with van der Waals surface area (Å²) in [4.78, 5) is 0. The first-order valence-electron chi connectivity index (χ1n) is 3.30. The third-order valence-electron chi connectivity index (χ3n) is 1.36. The van der Waals surface area contributed by atoms with E-state index in [2.05, 4.69) is 15.9 Å². The van der Waals surface area contributed by atoms with E-state index in [4.69, 9.17) is 14.6 Å². The third kappa shape index (κ3) is 2.20. The molecule has 0 radical (unpaired) electrons. The highest BCUT2D eigenvalue weighted by Crippen LogP contribution is 2.14. The summed E-state index contributed by atoms with van der Waals surface area (Å²) < 4.78 is 10.4. The van der Waals surface area contributed by atoms with Crippen LogP contribution in [0.1, 0.15) is 6.42 Å². The van der Waals surface area contributed by atoms with E-state index in [0.29, 0.717) is 6.61 Å². The SMILES string of the molecule is OCC1COC(CCBr)O1. The number of rotatable bonds is 3.